The van der Waals surface area contributed by atoms with Crippen LogP contribution in [0.5, 0.6) is 5.75 Å². The Hall–Kier alpha value is -8.59. The molecule has 1 fully saturated rings. The Morgan fingerprint density at radius 2 is 1.34 bits per heavy atom. The molecule has 1 aliphatic heterocycles. The maximum Gasteiger partial charge on any atom is 0.245 e. The van der Waals surface area contributed by atoms with Crippen molar-refractivity contribution in [2.45, 2.75) is 102 Å². The van der Waals surface area contributed by atoms with Gasteiger partial charge in [0.1, 0.15) is 42.0 Å². The van der Waals surface area contributed by atoms with E-state index in [9.17, 15) is 48.6 Å². The molecule has 6 atom stereocenters. The number of aliphatic hydroxyl groups is 1. The Bertz CT molecular complexity index is 2930. The predicted octanol–water partition coefficient (Wildman–Crippen LogP) is 1.98. The van der Waals surface area contributed by atoms with E-state index >= 15 is 0 Å². The van der Waals surface area contributed by atoms with Crippen LogP contribution in [-0.4, -0.2) is 131 Å². The van der Waals surface area contributed by atoms with Gasteiger partial charge in [-0.05, 0) is 102 Å². The highest BCUT2D eigenvalue weighted by molar-refractivity contribution is 6.00. The van der Waals surface area contributed by atoms with Crippen LogP contribution in [0, 0.1) is 11.3 Å². The topological polar surface area (TPSA) is 326 Å². The lowest BCUT2D eigenvalue weighted by atomic mass is 10.0. The minimum atomic E-state index is -1.46. The zero-order valence-electron chi connectivity index (χ0n) is 43.4. The van der Waals surface area contributed by atoms with E-state index in [1.807, 2.05) is 86.6 Å². The van der Waals surface area contributed by atoms with E-state index in [0.29, 0.717) is 29.7 Å². The highest BCUT2D eigenvalue weighted by atomic mass is 16.3. The van der Waals surface area contributed by atoms with Crippen LogP contribution in [0.3, 0.4) is 0 Å². The Morgan fingerprint density at radius 1 is 0.688 bits per heavy atom. The van der Waals surface area contributed by atoms with Gasteiger partial charge in [-0.25, -0.2) is 0 Å². The first-order chi connectivity index (χ1) is 36.9. The molecule has 13 N–H and O–H groups in total. The van der Waals surface area contributed by atoms with E-state index in [2.05, 4.69) is 42.5 Å². The minimum absolute atomic E-state index is 0.0433. The van der Waals surface area contributed by atoms with Crippen molar-refractivity contribution in [1.82, 2.24) is 42.1 Å². The van der Waals surface area contributed by atoms with Gasteiger partial charge in [-0.15, -0.1) is 0 Å². The maximum atomic E-state index is 14.4. The summed E-state index contributed by atoms with van der Waals surface area (Å²) in [5.74, 6) is -5.84. The first-order valence-electron chi connectivity index (χ1n) is 25.7. The molecule has 0 saturated carbocycles. The minimum Gasteiger partial charge on any atom is -0.508 e. The number of nitrogens with one attached hydrogen (secondary N) is 9. The first-order valence-corrected chi connectivity index (χ1v) is 25.7. The number of benzene rings is 5. The molecule has 0 aromatic heterocycles. The summed E-state index contributed by atoms with van der Waals surface area (Å²) in [5.41, 5.74) is 7.24. The van der Waals surface area contributed by atoms with Crippen molar-refractivity contribution in [3.8, 4) is 5.75 Å². The van der Waals surface area contributed by atoms with E-state index in [4.69, 9.17) is 11.1 Å². The fourth-order valence-electron chi connectivity index (χ4n) is 9.11. The standard InChI is InChI=1S/C56H69N11O10/c1-33(2)27-44(52(74)64-43(17-9-25-59-56(57)58)55(77)67-26-10-18-47(67)54(76)60-31-49(71)62-40-22-21-36-11-4-5-13-38(36)29-40)65-50(72)34(3)61-51(73)45(28-35-19-23-41(69)24-20-35)66-53(75)46(32-68)63-48(70)30-39-15-8-14-37-12-6-7-16-42(37)39/h4-8,11-16,19-24,29,33-34,43-47,68-69H,9-10,17-18,25-28,30-32H2,1-3H3,(H,60,76)(H,61,73)(H,62,71)(H,63,70)(H,64,74)(H,65,72)(H,66,75)(H4,57,58,59)/t34-,43-,44-,45-,46-,47-/m0/s1. The number of aromatic hydroxyl groups is 1. The van der Waals surface area contributed by atoms with E-state index in [0.717, 1.165) is 21.5 Å². The van der Waals surface area contributed by atoms with E-state index < -0.39 is 90.1 Å². The van der Waals surface area contributed by atoms with Crippen LogP contribution in [0.25, 0.3) is 21.5 Å². The lowest BCUT2D eigenvalue weighted by Gasteiger charge is -2.30. The van der Waals surface area contributed by atoms with Crippen molar-refractivity contribution in [1.29, 1.82) is 5.41 Å². The number of carbonyl (C=O) groups excluding carboxylic acids is 8. The van der Waals surface area contributed by atoms with Gasteiger partial charge in [-0.1, -0.05) is 98.8 Å². The second kappa shape index (κ2) is 27.8. The van der Waals surface area contributed by atoms with E-state index in [1.54, 1.807) is 12.1 Å². The zero-order valence-corrected chi connectivity index (χ0v) is 43.4. The molecule has 8 amide bonds. The summed E-state index contributed by atoms with van der Waals surface area (Å²) >= 11 is 0. The second-order valence-corrected chi connectivity index (χ2v) is 19.5. The average Bonchev–Trinajstić information content (AvgIpc) is 3.91. The summed E-state index contributed by atoms with van der Waals surface area (Å²) < 4.78 is 0. The Morgan fingerprint density at radius 3 is 2.05 bits per heavy atom. The summed E-state index contributed by atoms with van der Waals surface area (Å²) in [6.45, 7) is 4.24. The van der Waals surface area contributed by atoms with Gasteiger partial charge < -0.3 is 63.4 Å². The molecule has 0 radical (unpaired) electrons. The van der Waals surface area contributed by atoms with Crippen LogP contribution in [0.15, 0.2) is 109 Å². The van der Waals surface area contributed by atoms with Crippen molar-refractivity contribution in [2.24, 2.45) is 11.7 Å². The van der Waals surface area contributed by atoms with Gasteiger partial charge in [-0.3, -0.25) is 43.8 Å². The molecule has 0 unspecified atom stereocenters. The van der Waals surface area contributed by atoms with Crippen LogP contribution in [0.4, 0.5) is 5.69 Å². The zero-order chi connectivity index (χ0) is 55.6. The summed E-state index contributed by atoms with van der Waals surface area (Å²) in [7, 11) is 0. The van der Waals surface area contributed by atoms with Crippen LogP contribution < -0.4 is 48.3 Å². The number of carbonyl (C=O) groups is 8. The molecule has 1 aliphatic rings. The molecular weight excluding hydrogens is 987 g/mol. The predicted molar refractivity (Wildman–Crippen MR) is 291 cm³/mol. The average molecular weight is 1060 g/mol. The number of guanidine groups is 1. The quantitative estimate of drug-likeness (QED) is 0.0227. The van der Waals surface area contributed by atoms with Gasteiger partial charge in [0.05, 0.1) is 19.6 Å². The number of phenolic OH excluding ortho intramolecular Hbond substituents is 1. The number of rotatable bonds is 25. The van der Waals surface area contributed by atoms with Crippen molar-refractivity contribution in [2.75, 3.05) is 31.6 Å². The molecule has 0 bridgehead atoms. The number of amides is 8. The number of anilines is 1. The molecule has 408 valence electrons. The number of nitrogens with zero attached hydrogens (tertiary/aromatic N) is 1. The maximum absolute atomic E-state index is 14.4. The lowest BCUT2D eigenvalue weighted by Crippen LogP contribution is -2.60. The fourth-order valence-corrected chi connectivity index (χ4v) is 9.11. The third-order valence-electron chi connectivity index (χ3n) is 13.1. The van der Waals surface area contributed by atoms with Gasteiger partial charge in [0.25, 0.3) is 0 Å². The Kier molecular flexibility index (Phi) is 20.8. The summed E-state index contributed by atoms with van der Waals surface area (Å²) in [6.07, 6.45) is 0.961. The van der Waals surface area contributed by atoms with Crippen LogP contribution in [0.2, 0.25) is 0 Å². The fraction of sp³-hybridized carbons (Fsp3) is 0.375. The molecule has 5 aromatic rings. The third kappa shape index (κ3) is 17.0. The van der Waals surface area contributed by atoms with Crippen molar-refractivity contribution in [3.05, 3.63) is 120 Å². The molecule has 21 heteroatoms. The molecule has 77 heavy (non-hydrogen) atoms. The van der Waals surface area contributed by atoms with Crippen molar-refractivity contribution in [3.63, 3.8) is 0 Å². The van der Waals surface area contributed by atoms with E-state index in [-0.39, 0.29) is 69.4 Å². The normalized spacial score (nSPS) is 15.0. The smallest absolute Gasteiger partial charge is 0.245 e. The number of nitrogens with two attached hydrogens (primary N) is 1. The number of hydrogen-bond donors (Lipinski definition) is 12. The van der Waals surface area contributed by atoms with Crippen molar-refractivity contribution >= 4 is 80.4 Å². The SMILES string of the molecule is CC(C)C[C@H](NC(=O)[C@H](C)NC(=O)[C@H](Cc1ccc(O)cc1)NC(=O)[C@H](CO)NC(=O)Cc1cccc2ccccc12)C(=O)N[C@@H](CCCNC(=N)N)C(=O)N1CCC[C@H]1C(=O)NCC(=O)Nc1ccc2ccccc2c1. The molecule has 1 saturated heterocycles. The molecule has 5 aromatic carbocycles. The summed E-state index contributed by atoms with van der Waals surface area (Å²) in [4.78, 5) is 111. The van der Waals surface area contributed by atoms with Crippen molar-refractivity contribution < 1.29 is 48.6 Å². The van der Waals surface area contributed by atoms with Gasteiger partial charge in [0, 0.05) is 25.2 Å². The summed E-state index contributed by atoms with van der Waals surface area (Å²) in [6, 6.07) is 24.5. The molecular formula is C56H69N11O10. The molecule has 0 spiro atoms. The Balaban J connectivity index is 1.09. The number of fused-ring (bicyclic) bond motifs is 2. The Labute approximate surface area is 446 Å². The molecule has 21 nitrogen and oxygen atoms in total. The molecule has 6 rings (SSSR count). The van der Waals surface area contributed by atoms with Crippen LogP contribution in [-0.2, 0) is 51.2 Å². The van der Waals surface area contributed by atoms with Gasteiger partial charge in [0.15, 0.2) is 5.96 Å². The second-order valence-electron chi connectivity index (χ2n) is 19.5. The molecule has 0 aliphatic carbocycles. The third-order valence-corrected chi connectivity index (χ3v) is 13.1. The van der Waals surface area contributed by atoms with Crippen LogP contribution in [0.1, 0.15) is 64.0 Å². The highest BCUT2D eigenvalue weighted by Crippen LogP contribution is 2.22. The van der Waals surface area contributed by atoms with E-state index in [1.165, 1.54) is 36.1 Å². The summed E-state index contributed by atoms with van der Waals surface area (Å²) in [5, 5.41) is 52.7. The van der Waals surface area contributed by atoms with Crippen LogP contribution >= 0.6 is 0 Å². The monoisotopic (exact) mass is 1060 g/mol. The lowest BCUT2D eigenvalue weighted by molar-refractivity contribution is -0.142. The number of likely N-dealkylation sites (tertiary alicyclic amines) is 1. The number of phenols is 1. The number of hydrogen-bond acceptors (Lipinski definition) is 11. The highest BCUT2D eigenvalue weighted by Gasteiger charge is 2.39. The van der Waals surface area contributed by atoms with Gasteiger partial charge >= 0.3 is 0 Å². The largest absolute Gasteiger partial charge is 0.508 e. The van der Waals surface area contributed by atoms with Gasteiger partial charge in [0.2, 0.25) is 47.3 Å². The number of aliphatic hydroxyl groups excluding tert-OH is 1. The molecule has 1 heterocycles. The first kappa shape index (κ1) is 57.7. The van der Waals surface area contributed by atoms with Gasteiger partial charge in [-0.2, -0.15) is 0 Å².